The molecule has 0 spiro atoms. The Morgan fingerprint density at radius 2 is 1.84 bits per heavy atom. The second kappa shape index (κ2) is 6.26. The molecule has 0 saturated carbocycles. The predicted octanol–water partition coefficient (Wildman–Crippen LogP) is 2.05. The first kappa shape index (κ1) is 12.7. The van der Waals surface area contributed by atoms with Crippen LogP contribution in [-0.4, -0.2) is 16.8 Å². The minimum absolute atomic E-state index is 0.351. The molecular formula is C15H12N2O2. The van der Waals surface area contributed by atoms with Gasteiger partial charge in [-0.3, -0.25) is 19.9 Å². The van der Waals surface area contributed by atoms with Crippen LogP contribution in [0.1, 0.15) is 15.9 Å². The number of carbonyl (C=O) groups is 2. The molecule has 2 amide bonds. The summed E-state index contributed by atoms with van der Waals surface area (Å²) in [5.74, 6) is -0.923. The molecule has 4 heteroatoms. The third-order valence-electron chi connectivity index (χ3n) is 2.39. The van der Waals surface area contributed by atoms with Crippen molar-refractivity contribution >= 4 is 17.9 Å². The highest BCUT2D eigenvalue weighted by Gasteiger charge is 2.07. The van der Waals surface area contributed by atoms with Crippen molar-refractivity contribution in [3.8, 4) is 0 Å². The molecule has 0 saturated heterocycles. The van der Waals surface area contributed by atoms with E-state index in [1.54, 1.807) is 24.4 Å². The van der Waals surface area contributed by atoms with Gasteiger partial charge in [0.25, 0.3) is 11.8 Å². The number of aromatic nitrogens is 1. The van der Waals surface area contributed by atoms with Crippen LogP contribution in [0.3, 0.4) is 0 Å². The van der Waals surface area contributed by atoms with Gasteiger partial charge >= 0.3 is 0 Å². The van der Waals surface area contributed by atoms with E-state index in [-0.39, 0.29) is 0 Å². The molecule has 0 fully saturated rings. The lowest BCUT2D eigenvalue weighted by molar-refractivity contribution is -0.115. The Kier molecular flexibility index (Phi) is 4.18. The quantitative estimate of drug-likeness (QED) is 0.850. The molecule has 0 radical (unpaired) electrons. The SMILES string of the molecule is O=C(C=Cc1ccccc1)NC(=O)c1cccnc1. The first-order chi connectivity index (χ1) is 9.25. The molecule has 0 aliphatic rings. The Labute approximate surface area is 110 Å². The summed E-state index contributed by atoms with van der Waals surface area (Å²) in [5, 5.41) is 2.26. The Bertz CT molecular complexity index is 592. The first-order valence-electron chi connectivity index (χ1n) is 5.74. The number of pyridine rings is 1. The molecule has 0 unspecified atom stereocenters. The number of hydrogen-bond donors (Lipinski definition) is 1. The van der Waals surface area contributed by atoms with E-state index in [4.69, 9.17) is 0 Å². The number of nitrogens with zero attached hydrogens (tertiary/aromatic N) is 1. The van der Waals surface area contributed by atoms with Gasteiger partial charge in [0.05, 0.1) is 5.56 Å². The van der Waals surface area contributed by atoms with Crippen molar-refractivity contribution in [2.24, 2.45) is 0 Å². The molecule has 0 atom stereocenters. The maximum absolute atomic E-state index is 11.7. The highest BCUT2D eigenvalue weighted by molar-refractivity contribution is 6.08. The van der Waals surface area contributed by atoms with Gasteiger partial charge in [-0.15, -0.1) is 0 Å². The smallest absolute Gasteiger partial charge is 0.259 e. The molecule has 0 aliphatic heterocycles. The van der Waals surface area contributed by atoms with E-state index in [0.717, 1.165) is 5.56 Å². The van der Waals surface area contributed by atoms with E-state index in [1.807, 2.05) is 30.3 Å². The Morgan fingerprint density at radius 3 is 2.53 bits per heavy atom. The lowest BCUT2D eigenvalue weighted by Crippen LogP contribution is -2.28. The molecule has 1 aromatic carbocycles. The fourth-order valence-electron chi connectivity index (χ4n) is 1.46. The molecule has 19 heavy (non-hydrogen) atoms. The maximum atomic E-state index is 11.7. The van der Waals surface area contributed by atoms with Crippen LogP contribution in [0.5, 0.6) is 0 Å². The van der Waals surface area contributed by atoms with Crippen molar-refractivity contribution in [3.63, 3.8) is 0 Å². The number of benzene rings is 1. The predicted molar refractivity (Wildman–Crippen MR) is 72.2 cm³/mol. The molecule has 1 aromatic heterocycles. The zero-order chi connectivity index (χ0) is 13.5. The van der Waals surface area contributed by atoms with Gasteiger partial charge in [0.2, 0.25) is 0 Å². The lowest BCUT2D eigenvalue weighted by Gasteiger charge is -2.00. The number of amides is 2. The zero-order valence-corrected chi connectivity index (χ0v) is 10.1. The molecule has 1 N–H and O–H groups in total. The summed E-state index contributed by atoms with van der Waals surface area (Å²) in [5.41, 5.74) is 1.25. The van der Waals surface area contributed by atoms with Crippen molar-refractivity contribution in [1.82, 2.24) is 10.3 Å². The molecular weight excluding hydrogens is 240 g/mol. The van der Waals surface area contributed by atoms with Gasteiger partial charge in [0.1, 0.15) is 0 Å². The highest BCUT2D eigenvalue weighted by Crippen LogP contribution is 2.01. The van der Waals surface area contributed by atoms with Crippen LogP contribution >= 0.6 is 0 Å². The fourth-order valence-corrected chi connectivity index (χ4v) is 1.46. The maximum Gasteiger partial charge on any atom is 0.259 e. The standard InChI is InChI=1S/C15H12N2O2/c18-14(9-8-12-5-2-1-3-6-12)17-15(19)13-7-4-10-16-11-13/h1-11H,(H,17,18,19). The van der Waals surface area contributed by atoms with E-state index in [9.17, 15) is 9.59 Å². The summed E-state index contributed by atoms with van der Waals surface area (Å²) in [6, 6.07) is 12.6. The van der Waals surface area contributed by atoms with Gasteiger partial charge in [-0.2, -0.15) is 0 Å². The molecule has 2 aromatic rings. The number of hydrogen-bond acceptors (Lipinski definition) is 3. The molecule has 4 nitrogen and oxygen atoms in total. The van der Waals surface area contributed by atoms with Crippen LogP contribution in [0, 0.1) is 0 Å². The summed E-state index contributed by atoms with van der Waals surface area (Å²) < 4.78 is 0. The average molecular weight is 252 g/mol. The van der Waals surface area contributed by atoms with E-state index in [1.165, 1.54) is 12.3 Å². The van der Waals surface area contributed by atoms with Crippen LogP contribution in [0.2, 0.25) is 0 Å². The monoisotopic (exact) mass is 252 g/mol. The van der Waals surface area contributed by atoms with Crippen molar-refractivity contribution in [1.29, 1.82) is 0 Å². The van der Waals surface area contributed by atoms with Crippen LogP contribution < -0.4 is 5.32 Å². The third kappa shape index (κ3) is 3.89. The minimum Gasteiger partial charge on any atom is -0.289 e. The van der Waals surface area contributed by atoms with Gasteiger partial charge in [-0.25, -0.2) is 0 Å². The summed E-state index contributed by atoms with van der Waals surface area (Å²) in [6.45, 7) is 0. The number of imide groups is 1. The van der Waals surface area contributed by atoms with Gasteiger partial charge < -0.3 is 0 Å². The van der Waals surface area contributed by atoms with E-state index >= 15 is 0 Å². The summed E-state index contributed by atoms with van der Waals surface area (Å²) >= 11 is 0. The molecule has 2 rings (SSSR count). The largest absolute Gasteiger partial charge is 0.289 e. The van der Waals surface area contributed by atoms with Crippen molar-refractivity contribution < 1.29 is 9.59 Å². The number of rotatable bonds is 3. The van der Waals surface area contributed by atoms with Crippen LogP contribution in [0.4, 0.5) is 0 Å². The number of nitrogens with one attached hydrogen (secondary N) is 1. The van der Waals surface area contributed by atoms with Gasteiger partial charge in [-0.1, -0.05) is 30.3 Å². The van der Waals surface area contributed by atoms with Crippen LogP contribution in [0.15, 0.2) is 60.9 Å². The van der Waals surface area contributed by atoms with Gasteiger partial charge in [-0.05, 0) is 23.8 Å². The van der Waals surface area contributed by atoms with Gasteiger partial charge in [0.15, 0.2) is 0 Å². The molecule has 94 valence electrons. The molecule has 1 heterocycles. The van der Waals surface area contributed by atoms with Gasteiger partial charge in [0, 0.05) is 18.5 Å². The van der Waals surface area contributed by atoms with E-state index in [2.05, 4.69) is 10.3 Å². The normalized spacial score (nSPS) is 10.3. The summed E-state index contributed by atoms with van der Waals surface area (Å²) in [6.07, 6.45) is 5.94. The van der Waals surface area contributed by atoms with Crippen LogP contribution in [-0.2, 0) is 4.79 Å². The van der Waals surface area contributed by atoms with Crippen molar-refractivity contribution in [2.45, 2.75) is 0 Å². The summed E-state index contributed by atoms with van der Waals surface area (Å²) in [4.78, 5) is 27.0. The average Bonchev–Trinajstić information content (AvgIpc) is 2.47. The second-order valence-corrected chi connectivity index (χ2v) is 3.80. The first-order valence-corrected chi connectivity index (χ1v) is 5.74. The number of carbonyl (C=O) groups excluding carboxylic acids is 2. The Hall–Kier alpha value is -2.75. The Balaban J connectivity index is 1.95. The van der Waals surface area contributed by atoms with Crippen molar-refractivity contribution in [3.05, 3.63) is 72.1 Å². The zero-order valence-electron chi connectivity index (χ0n) is 10.1. The summed E-state index contributed by atoms with van der Waals surface area (Å²) in [7, 11) is 0. The second-order valence-electron chi connectivity index (χ2n) is 3.80. The van der Waals surface area contributed by atoms with Crippen LogP contribution in [0.25, 0.3) is 6.08 Å². The minimum atomic E-state index is -0.462. The Morgan fingerprint density at radius 1 is 1.05 bits per heavy atom. The lowest BCUT2D eigenvalue weighted by atomic mass is 10.2. The van der Waals surface area contributed by atoms with E-state index in [0.29, 0.717) is 5.56 Å². The third-order valence-corrected chi connectivity index (χ3v) is 2.39. The molecule has 0 aliphatic carbocycles. The highest BCUT2D eigenvalue weighted by atomic mass is 16.2. The topological polar surface area (TPSA) is 59.1 Å². The van der Waals surface area contributed by atoms with E-state index < -0.39 is 11.8 Å². The van der Waals surface area contributed by atoms with Crippen molar-refractivity contribution in [2.75, 3.05) is 0 Å². The molecule has 0 bridgehead atoms. The fraction of sp³-hybridized carbons (Fsp3) is 0.